The number of carbonyl (C=O) groups excluding carboxylic acids is 1. The molecule has 0 aliphatic rings. The molecule has 0 unspecified atom stereocenters. The molecule has 26 heavy (non-hydrogen) atoms. The molecule has 0 bridgehead atoms. The molecule has 0 saturated heterocycles. The summed E-state index contributed by atoms with van der Waals surface area (Å²) in [7, 11) is 0. The van der Waals surface area contributed by atoms with E-state index in [1.54, 1.807) is 24.3 Å². The van der Waals surface area contributed by atoms with Crippen LogP contribution in [0.1, 0.15) is 21.5 Å². The van der Waals surface area contributed by atoms with Crippen LogP contribution in [0.15, 0.2) is 66.7 Å². The number of ether oxygens (including phenoxy) is 1. The van der Waals surface area contributed by atoms with Crippen molar-refractivity contribution in [3.63, 3.8) is 0 Å². The molecule has 3 rings (SSSR count). The third-order valence-electron chi connectivity index (χ3n) is 3.84. The van der Waals surface area contributed by atoms with Crippen LogP contribution in [0.25, 0.3) is 11.1 Å². The predicted octanol–water partition coefficient (Wildman–Crippen LogP) is 4.86. The Kier molecular flexibility index (Phi) is 5.04. The maximum Gasteiger partial charge on any atom is 0.341 e. The van der Waals surface area contributed by atoms with Gasteiger partial charge in [0.15, 0.2) is 11.6 Å². The first-order valence-electron chi connectivity index (χ1n) is 7.79. The van der Waals surface area contributed by atoms with Crippen LogP contribution in [-0.2, 0) is 11.3 Å². The number of benzene rings is 3. The second-order valence-electron chi connectivity index (χ2n) is 5.54. The second kappa shape index (κ2) is 7.58. The molecular formula is C21H13F2NO2. The fraction of sp³-hybridized carbons (Fsp3) is 0.0476. The molecule has 0 fully saturated rings. The molecular weight excluding hydrogens is 336 g/mol. The normalized spacial score (nSPS) is 10.2. The maximum atomic E-state index is 14.4. The van der Waals surface area contributed by atoms with Crippen molar-refractivity contribution in [1.29, 1.82) is 5.26 Å². The molecule has 0 amide bonds. The summed E-state index contributed by atoms with van der Waals surface area (Å²) >= 11 is 0. The molecule has 3 aromatic rings. The van der Waals surface area contributed by atoms with E-state index in [1.165, 1.54) is 36.4 Å². The van der Waals surface area contributed by atoms with Gasteiger partial charge in [-0.2, -0.15) is 5.26 Å². The lowest BCUT2D eigenvalue weighted by Crippen LogP contribution is -2.09. The number of rotatable bonds is 4. The molecule has 3 aromatic carbocycles. The van der Waals surface area contributed by atoms with E-state index in [4.69, 9.17) is 10.00 Å². The largest absolute Gasteiger partial charge is 0.457 e. The van der Waals surface area contributed by atoms with Crippen molar-refractivity contribution in [2.75, 3.05) is 0 Å². The van der Waals surface area contributed by atoms with Crippen LogP contribution < -0.4 is 0 Å². The summed E-state index contributed by atoms with van der Waals surface area (Å²) in [4.78, 5) is 12.1. The van der Waals surface area contributed by atoms with Gasteiger partial charge in [-0.3, -0.25) is 0 Å². The molecule has 0 aliphatic carbocycles. The van der Waals surface area contributed by atoms with E-state index < -0.39 is 23.2 Å². The number of nitriles is 1. The molecule has 0 aliphatic heterocycles. The Morgan fingerprint density at radius 3 is 2.27 bits per heavy atom. The number of carbonyl (C=O) groups is 1. The van der Waals surface area contributed by atoms with Crippen LogP contribution in [0, 0.1) is 23.0 Å². The standard InChI is InChI=1S/C21H13F2NO2/c22-19-17(16-8-6-14(12-24)7-9-16)10-11-18(20(19)23)21(25)26-13-15-4-2-1-3-5-15/h1-11H,13H2. The molecule has 128 valence electrons. The molecule has 0 saturated carbocycles. The van der Waals surface area contributed by atoms with E-state index in [-0.39, 0.29) is 12.2 Å². The van der Waals surface area contributed by atoms with Crippen LogP contribution >= 0.6 is 0 Å². The van der Waals surface area contributed by atoms with Crippen molar-refractivity contribution >= 4 is 5.97 Å². The van der Waals surface area contributed by atoms with Gasteiger partial charge >= 0.3 is 5.97 Å². The molecule has 0 heterocycles. The Labute approximate surface area is 149 Å². The number of hydrogen-bond donors (Lipinski definition) is 0. The van der Waals surface area contributed by atoms with Crippen molar-refractivity contribution in [2.24, 2.45) is 0 Å². The number of hydrogen-bond acceptors (Lipinski definition) is 3. The van der Waals surface area contributed by atoms with Gasteiger partial charge in [0.05, 0.1) is 17.2 Å². The summed E-state index contributed by atoms with van der Waals surface area (Å²) in [6.45, 7) is -0.0297. The summed E-state index contributed by atoms with van der Waals surface area (Å²) < 4.78 is 33.8. The smallest absolute Gasteiger partial charge is 0.341 e. The third kappa shape index (κ3) is 3.60. The van der Waals surface area contributed by atoms with Crippen molar-refractivity contribution < 1.29 is 18.3 Å². The average Bonchev–Trinajstić information content (AvgIpc) is 2.69. The molecule has 5 heteroatoms. The van der Waals surface area contributed by atoms with Gasteiger partial charge in [-0.1, -0.05) is 48.5 Å². The quantitative estimate of drug-likeness (QED) is 0.632. The average molecular weight is 349 g/mol. The fourth-order valence-electron chi connectivity index (χ4n) is 2.46. The summed E-state index contributed by atoms with van der Waals surface area (Å²) in [6.07, 6.45) is 0. The summed E-state index contributed by atoms with van der Waals surface area (Å²) in [5.41, 5.74) is 1.11. The van der Waals surface area contributed by atoms with E-state index in [0.717, 1.165) is 5.56 Å². The van der Waals surface area contributed by atoms with E-state index in [1.807, 2.05) is 12.1 Å². The molecule has 0 N–H and O–H groups in total. The highest BCUT2D eigenvalue weighted by atomic mass is 19.2. The van der Waals surface area contributed by atoms with Crippen LogP contribution in [0.4, 0.5) is 8.78 Å². The highest BCUT2D eigenvalue weighted by Gasteiger charge is 2.20. The van der Waals surface area contributed by atoms with E-state index >= 15 is 0 Å². The lowest BCUT2D eigenvalue weighted by atomic mass is 10.0. The molecule has 0 atom stereocenters. The number of halogens is 2. The lowest BCUT2D eigenvalue weighted by Gasteiger charge is -2.09. The molecule has 0 aromatic heterocycles. The van der Waals surface area contributed by atoms with E-state index in [9.17, 15) is 13.6 Å². The Hall–Kier alpha value is -3.52. The van der Waals surface area contributed by atoms with Crippen LogP contribution in [0.3, 0.4) is 0 Å². The second-order valence-corrected chi connectivity index (χ2v) is 5.54. The van der Waals surface area contributed by atoms with Gasteiger partial charge < -0.3 is 4.74 Å². The number of nitrogens with zero attached hydrogens (tertiary/aromatic N) is 1. The summed E-state index contributed by atoms with van der Waals surface area (Å²) in [5.74, 6) is -3.33. The van der Waals surface area contributed by atoms with Gasteiger partial charge in [-0.15, -0.1) is 0 Å². The minimum absolute atomic E-state index is 0.00611. The Morgan fingerprint density at radius 1 is 0.923 bits per heavy atom. The van der Waals surface area contributed by atoms with Crippen LogP contribution in [0.5, 0.6) is 0 Å². The Morgan fingerprint density at radius 2 is 1.62 bits per heavy atom. The Bertz CT molecular complexity index is 977. The fourth-order valence-corrected chi connectivity index (χ4v) is 2.46. The SMILES string of the molecule is N#Cc1ccc(-c2ccc(C(=O)OCc3ccccc3)c(F)c2F)cc1. The minimum atomic E-state index is -1.26. The molecule has 3 nitrogen and oxygen atoms in total. The van der Waals surface area contributed by atoms with E-state index in [2.05, 4.69) is 0 Å². The Balaban J connectivity index is 1.82. The monoisotopic (exact) mass is 349 g/mol. The molecule has 0 radical (unpaired) electrons. The maximum absolute atomic E-state index is 14.4. The first-order valence-corrected chi connectivity index (χ1v) is 7.79. The zero-order valence-electron chi connectivity index (χ0n) is 13.6. The van der Waals surface area contributed by atoms with Crippen molar-refractivity contribution in [3.05, 3.63) is 95.1 Å². The minimum Gasteiger partial charge on any atom is -0.457 e. The zero-order chi connectivity index (χ0) is 18.5. The van der Waals surface area contributed by atoms with Gasteiger partial charge in [0.2, 0.25) is 0 Å². The first-order chi connectivity index (χ1) is 12.6. The van der Waals surface area contributed by atoms with Crippen LogP contribution in [0.2, 0.25) is 0 Å². The van der Waals surface area contributed by atoms with Gasteiger partial charge in [-0.25, -0.2) is 13.6 Å². The summed E-state index contributed by atoms with van der Waals surface area (Å²) in [6, 6.07) is 19.4. The number of esters is 1. The van der Waals surface area contributed by atoms with Crippen molar-refractivity contribution in [1.82, 2.24) is 0 Å². The van der Waals surface area contributed by atoms with Crippen molar-refractivity contribution in [2.45, 2.75) is 6.61 Å². The van der Waals surface area contributed by atoms with Crippen LogP contribution in [-0.4, -0.2) is 5.97 Å². The van der Waals surface area contributed by atoms with Gasteiger partial charge in [0, 0.05) is 5.56 Å². The lowest BCUT2D eigenvalue weighted by molar-refractivity contribution is 0.0466. The van der Waals surface area contributed by atoms with Crippen molar-refractivity contribution in [3.8, 4) is 17.2 Å². The first kappa shape index (κ1) is 17.3. The van der Waals surface area contributed by atoms with Gasteiger partial charge in [0.1, 0.15) is 6.61 Å². The third-order valence-corrected chi connectivity index (χ3v) is 3.84. The predicted molar refractivity (Wildman–Crippen MR) is 92.1 cm³/mol. The highest BCUT2D eigenvalue weighted by Crippen LogP contribution is 2.27. The van der Waals surface area contributed by atoms with E-state index in [0.29, 0.717) is 11.1 Å². The van der Waals surface area contributed by atoms with Gasteiger partial charge in [-0.05, 0) is 29.3 Å². The highest BCUT2D eigenvalue weighted by molar-refractivity contribution is 5.90. The zero-order valence-corrected chi connectivity index (χ0v) is 13.6. The summed E-state index contributed by atoms with van der Waals surface area (Å²) in [5, 5.41) is 8.79. The topological polar surface area (TPSA) is 50.1 Å². The molecule has 0 spiro atoms. The van der Waals surface area contributed by atoms with Gasteiger partial charge in [0.25, 0.3) is 0 Å².